The molecule has 2 N–H and O–H groups in total. The second-order valence-electron chi connectivity index (χ2n) is 5.84. The molecule has 1 aromatic carbocycles. The minimum atomic E-state index is -0.000425. The Bertz CT molecular complexity index is 482. The molecule has 2 unspecified atom stereocenters. The van der Waals surface area contributed by atoms with E-state index >= 15 is 0 Å². The summed E-state index contributed by atoms with van der Waals surface area (Å²) in [7, 11) is 0. The van der Waals surface area contributed by atoms with E-state index in [4.69, 9.17) is 4.74 Å². The van der Waals surface area contributed by atoms with E-state index in [0.717, 1.165) is 49.4 Å². The van der Waals surface area contributed by atoms with Gasteiger partial charge in [0, 0.05) is 36.4 Å². The molecule has 2 atom stereocenters. The highest BCUT2D eigenvalue weighted by Crippen LogP contribution is 2.19. The zero-order chi connectivity index (χ0) is 15.2. The molecule has 0 aromatic heterocycles. The number of rotatable bonds is 6. The van der Waals surface area contributed by atoms with E-state index in [0.29, 0.717) is 5.92 Å². The summed E-state index contributed by atoms with van der Waals surface area (Å²) in [6.45, 7) is 8.73. The highest BCUT2D eigenvalue weighted by molar-refractivity contribution is 5.95. The lowest BCUT2D eigenvalue weighted by Crippen LogP contribution is -2.38. The topological polar surface area (TPSA) is 50.4 Å². The number of aryl methyl sites for hydroxylation is 1. The summed E-state index contributed by atoms with van der Waals surface area (Å²) in [5.74, 6) is 0.431. The van der Waals surface area contributed by atoms with Crippen molar-refractivity contribution in [2.75, 3.05) is 25.1 Å². The zero-order valence-electron chi connectivity index (χ0n) is 13.2. The highest BCUT2D eigenvalue weighted by atomic mass is 16.5. The van der Waals surface area contributed by atoms with Crippen LogP contribution in [0.3, 0.4) is 0 Å². The molecular formula is C17H26N2O2. The van der Waals surface area contributed by atoms with Crippen LogP contribution in [0.4, 0.5) is 5.69 Å². The molecule has 2 rings (SSSR count). The van der Waals surface area contributed by atoms with Gasteiger partial charge in [0.05, 0.1) is 6.61 Å². The summed E-state index contributed by atoms with van der Waals surface area (Å²) in [6.07, 6.45) is 2.11. The van der Waals surface area contributed by atoms with Crippen molar-refractivity contribution in [1.82, 2.24) is 5.32 Å². The van der Waals surface area contributed by atoms with Crippen molar-refractivity contribution in [3.8, 4) is 0 Å². The van der Waals surface area contributed by atoms with Crippen LogP contribution in [-0.2, 0) is 4.74 Å². The molecule has 1 heterocycles. The fourth-order valence-electron chi connectivity index (χ4n) is 2.62. The maximum absolute atomic E-state index is 12.3. The summed E-state index contributed by atoms with van der Waals surface area (Å²) in [4.78, 5) is 12.3. The first-order valence-corrected chi connectivity index (χ1v) is 7.85. The predicted octanol–water partition coefficient (Wildman–Crippen LogP) is 2.97. The van der Waals surface area contributed by atoms with E-state index in [-0.39, 0.29) is 11.9 Å². The minimum absolute atomic E-state index is 0.000425. The molecule has 0 radical (unpaired) electrons. The number of ether oxygens (including phenoxy) is 1. The Morgan fingerprint density at radius 2 is 2.29 bits per heavy atom. The molecule has 1 fully saturated rings. The van der Waals surface area contributed by atoms with E-state index in [9.17, 15) is 4.79 Å². The van der Waals surface area contributed by atoms with Gasteiger partial charge in [0.2, 0.25) is 0 Å². The molecular weight excluding hydrogens is 264 g/mol. The molecule has 4 heteroatoms. The molecule has 1 aromatic rings. The lowest BCUT2D eigenvalue weighted by atomic mass is 10.00. The molecule has 0 aliphatic carbocycles. The number of nitrogens with one attached hydrogen (secondary N) is 2. The van der Waals surface area contributed by atoms with Crippen molar-refractivity contribution in [3.63, 3.8) is 0 Å². The van der Waals surface area contributed by atoms with Crippen LogP contribution in [0, 0.1) is 12.8 Å². The second kappa shape index (κ2) is 7.46. The van der Waals surface area contributed by atoms with Crippen LogP contribution in [0.2, 0.25) is 0 Å². The van der Waals surface area contributed by atoms with Crippen molar-refractivity contribution in [3.05, 3.63) is 29.3 Å². The SMILES string of the molecule is CCCNc1ccc(C(=O)NC(C)C2CCOC2)cc1C. The fourth-order valence-corrected chi connectivity index (χ4v) is 2.62. The molecule has 0 saturated carbocycles. The van der Waals surface area contributed by atoms with E-state index in [1.165, 1.54) is 0 Å². The van der Waals surface area contributed by atoms with Crippen LogP contribution in [0.1, 0.15) is 42.6 Å². The molecule has 116 valence electrons. The Morgan fingerprint density at radius 3 is 2.90 bits per heavy atom. The zero-order valence-corrected chi connectivity index (χ0v) is 13.2. The van der Waals surface area contributed by atoms with Gasteiger partial charge in [-0.3, -0.25) is 4.79 Å². The van der Waals surface area contributed by atoms with Gasteiger partial charge in [0.1, 0.15) is 0 Å². The molecule has 1 aliphatic heterocycles. The Kier molecular flexibility index (Phi) is 5.62. The third-order valence-electron chi connectivity index (χ3n) is 4.08. The van der Waals surface area contributed by atoms with Gasteiger partial charge in [-0.05, 0) is 50.5 Å². The molecule has 1 saturated heterocycles. The van der Waals surface area contributed by atoms with Gasteiger partial charge in [-0.2, -0.15) is 0 Å². The van der Waals surface area contributed by atoms with Crippen molar-refractivity contribution in [2.45, 2.75) is 39.7 Å². The molecule has 21 heavy (non-hydrogen) atoms. The van der Waals surface area contributed by atoms with Gasteiger partial charge >= 0.3 is 0 Å². The number of anilines is 1. The maximum atomic E-state index is 12.3. The standard InChI is InChI=1S/C17H26N2O2/c1-4-8-18-16-6-5-14(10-12(16)2)17(20)19-13(3)15-7-9-21-11-15/h5-6,10,13,15,18H,4,7-9,11H2,1-3H3,(H,19,20). The van der Waals surface area contributed by atoms with E-state index in [1.54, 1.807) is 0 Å². The Labute approximate surface area is 127 Å². The van der Waals surface area contributed by atoms with Crippen molar-refractivity contribution >= 4 is 11.6 Å². The van der Waals surface area contributed by atoms with Gasteiger partial charge in [-0.25, -0.2) is 0 Å². The number of carbonyl (C=O) groups excluding carboxylic acids is 1. The van der Waals surface area contributed by atoms with Gasteiger partial charge < -0.3 is 15.4 Å². The van der Waals surface area contributed by atoms with E-state index in [1.807, 2.05) is 25.1 Å². The number of carbonyl (C=O) groups is 1. The predicted molar refractivity (Wildman–Crippen MR) is 85.8 cm³/mol. The number of hydrogen-bond acceptors (Lipinski definition) is 3. The van der Waals surface area contributed by atoms with Crippen LogP contribution < -0.4 is 10.6 Å². The summed E-state index contributed by atoms with van der Waals surface area (Å²) < 4.78 is 5.38. The molecule has 4 nitrogen and oxygen atoms in total. The lowest BCUT2D eigenvalue weighted by Gasteiger charge is -2.19. The lowest BCUT2D eigenvalue weighted by molar-refractivity contribution is 0.0922. The molecule has 0 bridgehead atoms. The summed E-state index contributed by atoms with van der Waals surface area (Å²) in [5, 5.41) is 6.45. The molecule has 0 spiro atoms. The number of benzene rings is 1. The Hall–Kier alpha value is -1.55. The van der Waals surface area contributed by atoms with Gasteiger partial charge in [0.25, 0.3) is 5.91 Å². The Balaban J connectivity index is 1.97. The molecule has 1 amide bonds. The molecule has 1 aliphatic rings. The van der Waals surface area contributed by atoms with Crippen LogP contribution >= 0.6 is 0 Å². The first-order valence-electron chi connectivity index (χ1n) is 7.85. The average Bonchev–Trinajstić information content (AvgIpc) is 3.00. The van der Waals surface area contributed by atoms with E-state index < -0.39 is 0 Å². The first kappa shape index (κ1) is 15.8. The quantitative estimate of drug-likeness (QED) is 0.847. The first-order chi connectivity index (χ1) is 10.1. The van der Waals surface area contributed by atoms with Crippen LogP contribution in [0.25, 0.3) is 0 Å². The largest absolute Gasteiger partial charge is 0.385 e. The third-order valence-corrected chi connectivity index (χ3v) is 4.08. The summed E-state index contributed by atoms with van der Waals surface area (Å²) in [6, 6.07) is 5.98. The monoisotopic (exact) mass is 290 g/mol. The summed E-state index contributed by atoms with van der Waals surface area (Å²) in [5.41, 5.74) is 2.93. The number of hydrogen-bond donors (Lipinski definition) is 2. The van der Waals surface area contributed by atoms with Crippen LogP contribution in [0.15, 0.2) is 18.2 Å². The van der Waals surface area contributed by atoms with Crippen LogP contribution in [0.5, 0.6) is 0 Å². The average molecular weight is 290 g/mol. The van der Waals surface area contributed by atoms with Crippen molar-refractivity contribution in [1.29, 1.82) is 0 Å². The van der Waals surface area contributed by atoms with Crippen LogP contribution in [-0.4, -0.2) is 31.7 Å². The normalized spacial score (nSPS) is 19.3. The van der Waals surface area contributed by atoms with Gasteiger partial charge in [-0.1, -0.05) is 6.92 Å². The highest BCUT2D eigenvalue weighted by Gasteiger charge is 2.23. The Morgan fingerprint density at radius 1 is 1.48 bits per heavy atom. The number of amides is 1. The second-order valence-corrected chi connectivity index (χ2v) is 5.84. The fraction of sp³-hybridized carbons (Fsp3) is 0.588. The van der Waals surface area contributed by atoms with E-state index in [2.05, 4.69) is 24.5 Å². The van der Waals surface area contributed by atoms with Gasteiger partial charge in [-0.15, -0.1) is 0 Å². The minimum Gasteiger partial charge on any atom is -0.385 e. The van der Waals surface area contributed by atoms with Crippen molar-refractivity contribution < 1.29 is 9.53 Å². The van der Waals surface area contributed by atoms with Crippen molar-refractivity contribution in [2.24, 2.45) is 5.92 Å². The smallest absolute Gasteiger partial charge is 0.251 e. The van der Waals surface area contributed by atoms with Gasteiger partial charge in [0.15, 0.2) is 0 Å². The third kappa shape index (κ3) is 4.21. The summed E-state index contributed by atoms with van der Waals surface area (Å²) >= 11 is 0. The maximum Gasteiger partial charge on any atom is 0.251 e.